The SMILES string of the molecule is C=C/C(Br)=C\N=C(C)C(=O)OCC. The van der Waals surface area contributed by atoms with Crippen LogP contribution in [0.15, 0.2) is 28.3 Å². The number of carbonyl (C=O) groups excluding carboxylic acids is 1. The molecule has 0 heterocycles. The van der Waals surface area contributed by atoms with Crippen LogP contribution in [0.25, 0.3) is 0 Å². The predicted octanol–water partition coefficient (Wildman–Crippen LogP) is 2.43. The Morgan fingerprint density at radius 3 is 2.77 bits per heavy atom. The van der Waals surface area contributed by atoms with Crippen LogP contribution in [0.4, 0.5) is 0 Å². The van der Waals surface area contributed by atoms with Crippen molar-refractivity contribution < 1.29 is 9.53 Å². The Morgan fingerprint density at radius 2 is 2.31 bits per heavy atom. The number of halogens is 1. The summed E-state index contributed by atoms with van der Waals surface area (Å²) in [5.74, 6) is -0.400. The summed E-state index contributed by atoms with van der Waals surface area (Å²) in [6.07, 6.45) is 3.08. The fourth-order valence-electron chi connectivity index (χ4n) is 0.499. The van der Waals surface area contributed by atoms with E-state index in [2.05, 4.69) is 27.5 Å². The number of hydrogen-bond acceptors (Lipinski definition) is 3. The number of ether oxygens (including phenoxy) is 1. The Balaban J connectivity index is 4.32. The summed E-state index contributed by atoms with van der Waals surface area (Å²) < 4.78 is 5.45. The molecule has 0 atom stereocenters. The van der Waals surface area contributed by atoms with Crippen molar-refractivity contribution in [3.63, 3.8) is 0 Å². The lowest BCUT2D eigenvalue weighted by Gasteiger charge is -1.98. The smallest absolute Gasteiger partial charge is 0.352 e. The summed E-state index contributed by atoms with van der Waals surface area (Å²) in [6.45, 7) is 7.22. The molecule has 0 aliphatic rings. The second kappa shape index (κ2) is 6.60. The van der Waals surface area contributed by atoms with Gasteiger partial charge in [-0.05, 0) is 29.8 Å². The largest absolute Gasteiger partial charge is 0.462 e. The lowest BCUT2D eigenvalue weighted by atomic mass is 10.4. The van der Waals surface area contributed by atoms with Gasteiger partial charge in [-0.2, -0.15) is 0 Å². The van der Waals surface area contributed by atoms with Crippen molar-refractivity contribution in [2.45, 2.75) is 13.8 Å². The van der Waals surface area contributed by atoms with E-state index < -0.39 is 5.97 Å². The molecule has 0 aromatic carbocycles. The molecule has 0 saturated carbocycles. The molecule has 0 aliphatic heterocycles. The highest BCUT2D eigenvalue weighted by atomic mass is 79.9. The van der Waals surface area contributed by atoms with Crippen LogP contribution in [0.2, 0.25) is 0 Å². The summed E-state index contributed by atoms with van der Waals surface area (Å²) in [4.78, 5) is 14.9. The van der Waals surface area contributed by atoms with Crippen molar-refractivity contribution in [1.29, 1.82) is 0 Å². The Morgan fingerprint density at radius 1 is 1.69 bits per heavy atom. The first-order valence-electron chi connectivity index (χ1n) is 3.81. The fraction of sp³-hybridized carbons (Fsp3) is 0.333. The van der Waals surface area contributed by atoms with Crippen LogP contribution < -0.4 is 0 Å². The second-order valence-electron chi connectivity index (χ2n) is 2.15. The van der Waals surface area contributed by atoms with Crippen molar-refractivity contribution >= 4 is 27.6 Å². The zero-order chi connectivity index (χ0) is 10.3. The van der Waals surface area contributed by atoms with Crippen molar-refractivity contribution in [3.8, 4) is 0 Å². The van der Waals surface area contributed by atoms with Gasteiger partial charge in [0.2, 0.25) is 0 Å². The van der Waals surface area contributed by atoms with Gasteiger partial charge in [-0.1, -0.05) is 12.7 Å². The van der Waals surface area contributed by atoms with Gasteiger partial charge in [0.05, 0.1) is 6.61 Å². The van der Waals surface area contributed by atoms with E-state index in [4.69, 9.17) is 4.74 Å². The molecule has 0 N–H and O–H groups in total. The van der Waals surface area contributed by atoms with Crippen LogP contribution in [-0.4, -0.2) is 18.3 Å². The van der Waals surface area contributed by atoms with Gasteiger partial charge in [-0.15, -0.1) is 0 Å². The molecule has 72 valence electrons. The monoisotopic (exact) mass is 245 g/mol. The van der Waals surface area contributed by atoms with Gasteiger partial charge >= 0.3 is 5.97 Å². The van der Waals surface area contributed by atoms with Crippen LogP contribution in [0.5, 0.6) is 0 Å². The highest BCUT2D eigenvalue weighted by molar-refractivity contribution is 9.11. The summed E-state index contributed by atoms with van der Waals surface area (Å²) >= 11 is 3.18. The fourth-order valence-corrected chi connectivity index (χ4v) is 0.602. The van der Waals surface area contributed by atoms with Crippen molar-refractivity contribution in [1.82, 2.24) is 0 Å². The van der Waals surface area contributed by atoms with E-state index in [0.717, 1.165) is 4.48 Å². The normalized spacial score (nSPS) is 12.5. The molecule has 0 unspecified atom stereocenters. The lowest BCUT2D eigenvalue weighted by Crippen LogP contribution is -2.13. The molecule has 0 bridgehead atoms. The molecule has 0 fully saturated rings. The molecule has 0 aromatic heterocycles. The highest BCUT2D eigenvalue weighted by Gasteiger charge is 2.03. The molecule has 13 heavy (non-hydrogen) atoms. The maximum atomic E-state index is 11.0. The van der Waals surface area contributed by atoms with Gasteiger partial charge in [0, 0.05) is 10.7 Å². The Bertz CT molecular complexity index is 256. The van der Waals surface area contributed by atoms with Crippen LogP contribution in [0.3, 0.4) is 0 Å². The maximum Gasteiger partial charge on any atom is 0.352 e. The first kappa shape index (κ1) is 12.1. The van der Waals surface area contributed by atoms with Crippen LogP contribution >= 0.6 is 15.9 Å². The van der Waals surface area contributed by atoms with Gasteiger partial charge in [0.15, 0.2) is 0 Å². The molecule has 0 rings (SSSR count). The average molecular weight is 246 g/mol. The van der Waals surface area contributed by atoms with E-state index in [9.17, 15) is 4.79 Å². The zero-order valence-corrected chi connectivity index (χ0v) is 9.30. The molecular weight excluding hydrogens is 234 g/mol. The summed E-state index contributed by atoms with van der Waals surface area (Å²) in [5, 5.41) is 0. The van der Waals surface area contributed by atoms with Crippen LogP contribution in [0.1, 0.15) is 13.8 Å². The molecule has 0 spiro atoms. The second-order valence-corrected chi connectivity index (χ2v) is 3.07. The summed E-state index contributed by atoms with van der Waals surface area (Å²) in [5.41, 5.74) is 0.320. The molecule has 0 amide bonds. The molecule has 4 heteroatoms. The number of allylic oxidation sites excluding steroid dienone is 2. The summed E-state index contributed by atoms with van der Waals surface area (Å²) in [6, 6.07) is 0. The van der Waals surface area contributed by atoms with Crippen LogP contribution in [0, 0.1) is 0 Å². The van der Waals surface area contributed by atoms with Crippen molar-refractivity contribution in [2.24, 2.45) is 4.99 Å². The first-order chi connectivity index (χ1) is 6.11. The third-order valence-electron chi connectivity index (χ3n) is 1.15. The topological polar surface area (TPSA) is 38.7 Å². The quantitative estimate of drug-likeness (QED) is 0.434. The van der Waals surface area contributed by atoms with Gasteiger partial charge in [-0.3, -0.25) is 4.99 Å². The lowest BCUT2D eigenvalue weighted by molar-refractivity contribution is -0.135. The molecule has 3 nitrogen and oxygen atoms in total. The number of nitrogens with zero attached hydrogens (tertiary/aromatic N) is 1. The van der Waals surface area contributed by atoms with Gasteiger partial charge in [0.1, 0.15) is 5.71 Å². The minimum atomic E-state index is -0.400. The maximum absolute atomic E-state index is 11.0. The number of aliphatic imine (C=N–C) groups is 1. The molecular formula is C9H12BrNO2. The van der Waals surface area contributed by atoms with Crippen molar-refractivity contribution in [2.75, 3.05) is 6.61 Å². The molecule has 0 radical (unpaired) electrons. The number of esters is 1. The molecule has 0 aliphatic carbocycles. The average Bonchev–Trinajstić information content (AvgIpc) is 2.13. The first-order valence-corrected chi connectivity index (χ1v) is 4.60. The summed E-state index contributed by atoms with van der Waals surface area (Å²) in [7, 11) is 0. The standard InChI is InChI=1S/C9H12BrNO2/c1-4-8(10)6-11-7(3)9(12)13-5-2/h4,6H,1,5H2,2-3H3/b8-6+,11-7?. The Labute approximate surface area is 86.3 Å². The van der Waals surface area contributed by atoms with E-state index in [0.29, 0.717) is 12.3 Å². The van der Waals surface area contributed by atoms with E-state index in [1.165, 1.54) is 6.20 Å². The Kier molecular flexibility index (Phi) is 6.14. The highest BCUT2D eigenvalue weighted by Crippen LogP contribution is 2.04. The number of rotatable bonds is 4. The number of carbonyl (C=O) groups is 1. The van der Waals surface area contributed by atoms with E-state index in [-0.39, 0.29) is 0 Å². The minimum Gasteiger partial charge on any atom is -0.462 e. The predicted molar refractivity (Wildman–Crippen MR) is 56.9 cm³/mol. The zero-order valence-electron chi connectivity index (χ0n) is 7.71. The Hall–Kier alpha value is -0.900. The van der Waals surface area contributed by atoms with Gasteiger partial charge in [-0.25, -0.2) is 4.79 Å². The van der Waals surface area contributed by atoms with Gasteiger partial charge in [0.25, 0.3) is 0 Å². The van der Waals surface area contributed by atoms with Gasteiger partial charge < -0.3 is 4.74 Å². The molecule has 0 saturated heterocycles. The molecule has 0 aromatic rings. The van der Waals surface area contributed by atoms with E-state index in [1.807, 2.05) is 0 Å². The third-order valence-corrected chi connectivity index (χ3v) is 1.68. The van der Waals surface area contributed by atoms with Crippen molar-refractivity contribution in [3.05, 3.63) is 23.3 Å². The third kappa shape index (κ3) is 5.36. The van der Waals surface area contributed by atoms with E-state index in [1.54, 1.807) is 19.9 Å². The van der Waals surface area contributed by atoms with E-state index >= 15 is 0 Å². The van der Waals surface area contributed by atoms with Crippen LogP contribution in [-0.2, 0) is 9.53 Å². The number of hydrogen-bond donors (Lipinski definition) is 0. The minimum absolute atomic E-state index is 0.320.